The minimum absolute atomic E-state index is 0.190. The molecule has 0 fully saturated rings. The number of anilines is 1. The Morgan fingerprint density at radius 3 is 2.80 bits per heavy atom. The van der Waals surface area contributed by atoms with Crippen molar-refractivity contribution < 1.29 is 4.79 Å². The number of rotatable bonds is 5. The number of amides is 1. The van der Waals surface area contributed by atoms with Crippen LogP contribution < -0.4 is 5.32 Å². The minimum atomic E-state index is 0.190. The highest BCUT2D eigenvalue weighted by atomic mass is 16.2. The molecule has 0 aromatic carbocycles. The summed E-state index contributed by atoms with van der Waals surface area (Å²) in [6, 6.07) is 2.01. The molecule has 0 saturated heterocycles. The van der Waals surface area contributed by atoms with Crippen LogP contribution in [0, 0.1) is 13.8 Å². The van der Waals surface area contributed by atoms with Crippen molar-refractivity contribution in [3.63, 3.8) is 0 Å². The molecule has 7 heteroatoms. The Bertz CT molecular complexity index is 782. The lowest BCUT2D eigenvalue weighted by molar-refractivity contribution is -0.132. The maximum absolute atomic E-state index is 12.7. The van der Waals surface area contributed by atoms with Crippen LogP contribution >= 0.6 is 0 Å². The Morgan fingerprint density at radius 1 is 1.32 bits per heavy atom. The van der Waals surface area contributed by atoms with Gasteiger partial charge in [0.15, 0.2) is 0 Å². The van der Waals surface area contributed by atoms with Crippen LogP contribution in [-0.2, 0) is 31.2 Å². The van der Waals surface area contributed by atoms with Crippen molar-refractivity contribution in [3.8, 4) is 0 Å². The second kappa shape index (κ2) is 7.21. The number of hydrogen-bond acceptors (Lipinski definition) is 5. The predicted molar refractivity (Wildman–Crippen MR) is 96.3 cm³/mol. The molecule has 1 N–H and O–H groups in total. The van der Waals surface area contributed by atoms with Gasteiger partial charge in [-0.1, -0.05) is 0 Å². The fourth-order valence-electron chi connectivity index (χ4n) is 3.38. The van der Waals surface area contributed by atoms with Gasteiger partial charge in [-0.2, -0.15) is 10.2 Å². The van der Waals surface area contributed by atoms with Crippen LogP contribution in [0.1, 0.15) is 41.6 Å². The summed E-state index contributed by atoms with van der Waals surface area (Å²) in [7, 11) is 1.94. The third kappa shape index (κ3) is 3.65. The van der Waals surface area contributed by atoms with Gasteiger partial charge in [0.25, 0.3) is 0 Å². The highest BCUT2D eigenvalue weighted by molar-refractivity contribution is 5.77. The van der Waals surface area contributed by atoms with Gasteiger partial charge >= 0.3 is 0 Å². The van der Waals surface area contributed by atoms with E-state index in [-0.39, 0.29) is 5.91 Å². The maximum Gasteiger partial charge on any atom is 0.223 e. The fraction of sp³-hybridized carbons (Fsp3) is 0.556. The molecule has 3 rings (SSSR count). The van der Waals surface area contributed by atoms with Gasteiger partial charge < -0.3 is 10.2 Å². The minimum Gasteiger partial charge on any atom is -0.369 e. The number of nitrogens with zero attached hydrogens (tertiary/aromatic N) is 5. The molecule has 3 heterocycles. The first-order chi connectivity index (χ1) is 12.0. The number of carbonyl (C=O) groups is 1. The van der Waals surface area contributed by atoms with Gasteiger partial charge in [-0.05, 0) is 44.4 Å². The summed E-state index contributed by atoms with van der Waals surface area (Å²) < 4.78 is 1.88. The summed E-state index contributed by atoms with van der Waals surface area (Å²) in [5.41, 5.74) is 5.44. The van der Waals surface area contributed by atoms with Gasteiger partial charge in [0.2, 0.25) is 5.91 Å². The van der Waals surface area contributed by atoms with E-state index in [4.69, 9.17) is 0 Å². The van der Waals surface area contributed by atoms with Crippen LogP contribution in [0.3, 0.4) is 0 Å². The van der Waals surface area contributed by atoms with Gasteiger partial charge in [0, 0.05) is 45.2 Å². The van der Waals surface area contributed by atoms with E-state index in [2.05, 4.69) is 27.5 Å². The van der Waals surface area contributed by atoms with Gasteiger partial charge in [-0.15, -0.1) is 5.10 Å². The van der Waals surface area contributed by atoms with Crippen LogP contribution in [0.5, 0.6) is 0 Å². The van der Waals surface area contributed by atoms with Crippen molar-refractivity contribution in [3.05, 3.63) is 34.3 Å². The normalized spacial score (nSPS) is 13.7. The fourth-order valence-corrected chi connectivity index (χ4v) is 3.38. The van der Waals surface area contributed by atoms with Crippen molar-refractivity contribution in [2.75, 3.05) is 18.4 Å². The summed E-state index contributed by atoms with van der Waals surface area (Å²) in [6.07, 6.45) is 2.03. The number of aryl methyl sites for hydroxylation is 2. The summed E-state index contributed by atoms with van der Waals surface area (Å²) in [6.45, 7) is 8.22. The molecule has 1 amide bonds. The molecule has 0 unspecified atom stereocenters. The summed E-state index contributed by atoms with van der Waals surface area (Å²) in [4.78, 5) is 14.6. The van der Waals surface area contributed by atoms with E-state index in [1.807, 2.05) is 36.5 Å². The summed E-state index contributed by atoms with van der Waals surface area (Å²) in [5.74, 6) is 0.965. The monoisotopic (exact) mass is 342 g/mol. The van der Waals surface area contributed by atoms with Crippen molar-refractivity contribution in [2.24, 2.45) is 7.05 Å². The van der Waals surface area contributed by atoms with E-state index in [1.165, 1.54) is 5.56 Å². The Hall–Kier alpha value is -2.44. The molecule has 0 spiro atoms. The Kier molecular flexibility index (Phi) is 5.01. The van der Waals surface area contributed by atoms with Crippen LogP contribution in [0.25, 0.3) is 0 Å². The van der Waals surface area contributed by atoms with E-state index in [0.29, 0.717) is 19.5 Å². The quantitative estimate of drug-likeness (QED) is 0.896. The van der Waals surface area contributed by atoms with Crippen molar-refractivity contribution in [2.45, 2.75) is 46.6 Å². The van der Waals surface area contributed by atoms with Crippen molar-refractivity contribution in [1.29, 1.82) is 0 Å². The molecule has 2 aromatic heterocycles. The van der Waals surface area contributed by atoms with E-state index >= 15 is 0 Å². The van der Waals surface area contributed by atoms with Crippen molar-refractivity contribution >= 4 is 11.7 Å². The molecule has 0 atom stereocenters. The SMILES string of the molecule is CCNc1cc2c(nn1)CCN(C(=O)CCc1c(C)nn(C)c1C)C2. The zero-order valence-corrected chi connectivity index (χ0v) is 15.5. The van der Waals surface area contributed by atoms with Gasteiger partial charge in [0.1, 0.15) is 5.82 Å². The summed E-state index contributed by atoms with van der Waals surface area (Å²) >= 11 is 0. The molecule has 0 bridgehead atoms. The smallest absolute Gasteiger partial charge is 0.223 e. The van der Waals surface area contributed by atoms with E-state index < -0.39 is 0 Å². The van der Waals surface area contributed by atoms with Crippen LogP contribution in [-0.4, -0.2) is 43.9 Å². The van der Waals surface area contributed by atoms with Crippen molar-refractivity contribution in [1.82, 2.24) is 24.9 Å². The largest absolute Gasteiger partial charge is 0.369 e. The van der Waals surface area contributed by atoms with E-state index in [9.17, 15) is 4.79 Å². The third-order valence-corrected chi connectivity index (χ3v) is 4.90. The molecule has 7 nitrogen and oxygen atoms in total. The molecule has 1 aliphatic rings. The highest BCUT2D eigenvalue weighted by Crippen LogP contribution is 2.21. The molecule has 25 heavy (non-hydrogen) atoms. The molecule has 0 radical (unpaired) electrons. The predicted octanol–water partition coefficient (Wildman–Crippen LogP) is 1.78. The van der Waals surface area contributed by atoms with Gasteiger partial charge in [0.05, 0.1) is 11.4 Å². The third-order valence-electron chi connectivity index (χ3n) is 4.90. The molecular formula is C18H26N6O. The number of carbonyl (C=O) groups excluding carboxylic acids is 1. The second-order valence-corrected chi connectivity index (χ2v) is 6.57. The van der Waals surface area contributed by atoms with E-state index in [0.717, 1.165) is 47.8 Å². The van der Waals surface area contributed by atoms with Gasteiger partial charge in [-0.3, -0.25) is 9.48 Å². The lowest BCUT2D eigenvalue weighted by Gasteiger charge is -2.28. The molecule has 134 valence electrons. The average molecular weight is 342 g/mol. The zero-order valence-electron chi connectivity index (χ0n) is 15.5. The Morgan fingerprint density at radius 2 is 2.12 bits per heavy atom. The lowest BCUT2D eigenvalue weighted by atomic mass is 10.0. The lowest BCUT2D eigenvalue weighted by Crippen LogP contribution is -2.36. The zero-order chi connectivity index (χ0) is 18.0. The topological polar surface area (TPSA) is 75.9 Å². The molecular weight excluding hydrogens is 316 g/mol. The first-order valence-corrected chi connectivity index (χ1v) is 8.85. The van der Waals surface area contributed by atoms with E-state index in [1.54, 1.807) is 0 Å². The standard InChI is InChI=1S/C18H26N6O/c1-5-19-17-10-14-11-24(9-8-16(14)20-21-17)18(25)7-6-15-12(2)22-23(4)13(15)3/h10H,5-9,11H2,1-4H3,(H,19,21). The maximum atomic E-state index is 12.7. The number of fused-ring (bicyclic) bond motifs is 1. The molecule has 0 aliphatic carbocycles. The van der Waals surface area contributed by atoms with Crippen LogP contribution in [0.4, 0.5) is 5.82 Å². The molecule has 0 saturated carbocycles. The first kappa shape index (κ1) is 17.4. The number of nitrogens with one attached hydrogen (secondary N) is 1. The highest BCUT2D eigenvalue weighted by Gasteiger charge is 2.23. The second-order valence-electron chi connectivity index (χ2n) is 6.57. The molecule has 2 aromatic rings. The molecule has 1 aliphatic heterocycles. The summed E-state index contributed by atoms with van der Waals surface area (Å²) in [5, 5.41) is 16.1. The average Bonchev–Trinajstić information content (AvgIpc) is 2.84. The Balaban J connectivity index is 1.65. The number of hydrogen-bond donors (Lipinski definition) is 1. The van der Waals surface area contributed by atoms with Crippen LogP contribution in [0.2, 0.25) is 0 Å². The number of aromatic nitrogens is 4. The first-order valence-electron chi connectivity index (χ1n) is 8.85. The van der Waals surface area contributed by atoms with Gasteiger partial charge in [-0.25, -0.2) is 0 Å². The Labute approximate surface area is 148 Å². The van der Waals surface area contributed by atoms with Crippen LogP contribution in [0.15, 0.2) is 6.07 Å².